The third-order valence-corrected chi connectivity index (χ3v) is 4.89. The van der Waals surface area contributed by atoms with Crippen molar-refractivity contribution in [1.29, 1.82) is 10.5 Å². The lowest BCUT2D eigenvalue weighted by molar-refractivity contribution is 0.404. The minimum Gasteiger partial charge on any atom is -0.496 e. The van der Waals surface area contributed by atoms with Crippen molar-refractivity contribution >= 4 is 11.8 Å². The van der Waals surface area contributed by atoms with Crippen LogP contribution in [0, 0.1) is 34.3 Å². The first kappa shape index (κ1) is 19.2. The quantitative estimate of drug-likeness (QED) is 0.559. The fourth-order valence-electron chi connectivity index (χ4n) is 2.46. The van der Waals surface area contributed by atoms with E-state index in [9.17, 15) is 10.5 Å². The van der Waals surface area contributed by atoms with Crippen LogP contribution in [0.15, 0.2) is 64.4 Å². The fraction of sp³-hybridized carbons (Fsp3) is 0.0476. The second kappa shape index (κ2) is 8.43. The van der Waals surface area contributed by atoms with E-state index in [1.807, 2.05) is 0 Å². The summed E-state index contributed by atoms with van der Waals surface area (Å²) in [5.41, 5.74) is -1.37. The molecule has 0 N–H and O–H groups in total. The number of benzene rings is 3. The van der Waals surface area contributed by atoms with E-state index in [0.717, 1.165) is 11.8 Å². The van der Waals surface area contributed by atoms with Gasteiger partial charge in [-0.1, -0.05) is 42.1 Å². The standard InChI is InChI=1S/C21H12F2N2O2S/c1-26-16-9-5-6-10-17(16)28-21-19(23)15(12-25)14(11-24)18(22)20(21)27-13-7-3-2-4-8-13/h2-10H,1H3. The first-order valence-corrected chi connectivity index (χ1v) is 8.81. The molecule has 0 atom stereocenters. The Morgan fingerprint density at radius 3 is 2.11 bits per heavy atom. The molecule has 3 aromatic rings. The first-order valence-electron chi connectivity index (χ1n) is 7.99. The molecule has 7 heteroatoms. The second-order valence-corrected chi connectivity index (χ2v) is 6.48. The van der Waals surface area contributed by atoms with Crippen molar-refractivity contribution in [2.75, 3.05) is 7.11 Å². The summed E-state index contributed by atoms with van der Waals surface area (Å²) >= 11 is 0.849. The lowest BCUT2D eigenvalue weighted by Gasteiger charge is -2.16. The number of hydrogen-bond acceptors (Lipinski definition) is 5. The van der Waals surface area contributed by atoms with Gasteiger partial charge in [-0.2, -0.15) is 10.5 Å². The predicted octanol–water partition coefficient (Wildman–Crippen LogP) is 5.66. The highest BCUT2D eigenvalue weighted by molar-refractivity contribution is 7.99. The van der Waals surface area contributed by atoms with E-state index >= 15 is 8.78 Å². The summed E-state index contributed by atoms with van der Waals surface area (Å²) < 4.78 is 40.9. The van der Waals surface area contributed by atoms with Crippen molar-refractivity contribution in [2.45, 2.75) is 9.79 Å². The third-order valence-electron chi connectivity index (χ3n) is 3.76. The van der Waals surface area contributed by atoms with Gasteiger partial charge in [-0.3, -0.25) is 0 Å². The van der Waals surface area contributed by atoms with Crippen molar-refractivity contribution in [1.82, 2.24) is 0 Å². The van der Waals surface area contributed by atoms with Crippen molar-refractivity contribution in [3.05, 3.63) is 77.4 Å². The molecule has 0 unspecified atom stereocenters. The summed E-state index contributed by atoms with van der Waals surface area (Å²) in [6.07, 6.45) is 0. The summed E-state index contributed by atoms with van der Waals surface area (Å²) in [5, 5.41) is 18.5. The van der Waals surface area contributed by atoms with Gasteiger partial charge in [0, 0.05) is 0 Å². The average Bonchev–Trinajstić information content (AvgIpc) is 2.73. The van der Waals surface area contributed by atoms with Crippen LogP contribution < -0.4 is 9.47 Å². The minimum absolute atomic E-state index is 0.249. The fourth-order valence-corrected chi connectivity index (χ4v) is 3.49. The van der Waals surface area contributed by atoms with Crippen molar-refractivity contribution in [3.63, 3.8) is 0 Å². The molecular weight excluding hydrogens is 382 g/mol. The number of halogens is 2. The van der Waals surface area contributed by atoms with Gasteiger partial charge in [-0.05, 0) is 24.3 Å². The molecule has 4 nitrogen and oxygen atoms in total. The monoisotopic (exact) mass is 394 g/mol. The number of nitriles is 2. The Morgan fingerprint density at radius 1 is 0.857 bits per heavy atom. The van der Waals surface area contributed by atoms with Crippen LogP contribution in [-0.2, 0) is 0 Å². The van der Waals surface area contributed by atoms with Gasteiger partial charge in [0.2, 0.25) is 0 Å². The first-order chi connectivity index (χ1) is 13.6. The Morgan fingerprint density at radius 2 is 1.46 bits per heavy atom. The molecule has 0 fully saturated rings. The van der Waals surface area contributed by atoms with Gasteiger partial charge in [0.1, 0.15) is 34.8 Å². The SMILES string of the molecule is COc1ccccc1Sc1c(F)c(C#N)c(C#N)c(F)c1Oc1ccccc1. The number of nitrogens with zero attached hydrogens (tertiary/aromatic N) is 2. The third kappa shape index (κ3) is 3.62. The molecule has 0 saturated carbocycles. The highest BCUT2D eigenvalue weighted by Crippen LogP contribution is 2.45. The molecule has 3 aromatic carbocycles. The molecule has 0 aliphatic carbocycles. The Labute approximate surface area is 164 Å². The lowest BCUT2D eigenvalue weighted by atomic mass is 10.1. The molecule has 138 valence electrons. The Hall–Kier alpha value is -3.55. The van der Waals surface area contributed by atoms with Crippen molar-refractivity contribution < 1.29 is 18.3 Å². The summed E-state index contributed by atoms with van der Waals surface area (Å²) in [6.45, 7) is 0. The van der Waals surface area contributed by atoms with Gasteiger partial charge in [0.05, 0.1) is 16.9 Å². The minimum atomic E-state index is -1.10. The number of hydrogen-bond donors (Lipinski definition) is 0. The predicted molar refractivity (Wildman–Crippen MR) is 99.4 cm³/mol. The molecule has 0 aliphatic heterocycles. The Kier molecular flexibility index (Phi) is 5.78. The molecule has 0 spiro atoms. The van der Waals surface area contributed by atoms with E-state index in [-0.39, 0.29) is 10.6 Å². The molecular formula is C21H12F2N2O2S. The van der Waals surface area contributed by atoms with Gasteiger partial charge < -0.3 is 9.47 Å². The molecule has 0 aromatic heterocycles. The summed E-state index contributed by atoms with van der Waals surface area (Å²) in [4.78, 5) is 0.246. The van der Waals surface area contributed by atoms with E-state index in [0.29, 0.717) is 10.6 Å². The zero-order valence-corrected chi connectivity index (χ0v) is 15.4. The van der Waals surface area contributed by atoms with Crippen LogP contribution in [0.5, 0.6) is 17.2 Å². The highest BCUT2D eigenvalue weighted by atomic mass is 32.2. The van der Waals surface area contributed by atoms with Crippen molar-refractivity contribution in [3.8, 4) is 29.4 Å². The normalized spacial score (nSPS) is 10.0. The molecule has 0 aliphatic rings. The van der Waals surface area contributed by atoms with Gasteiger partial charge >= 0.3 is 0 Å². The van der Waals surface area contributed by atoms with Crippen LogP contribution >= 0.6 is 11.8 Å². The molecule has 3 rings (SSSR count). The van der Waals surface area contributed by atoms with Gasteiger partial charge in [-0.15, -0.1) is 0 Å². The zero-order chi connectivity index (χ0) is 20.1. The number of para-hydroxylation sites is 2. The Bertz CT molecular complexity index is 1110. The van der Waals surface area contributed by atoms with E-state index in [4.69, 9.17) is 9.47 Å². The maximum absolute atomic E-state index is 15.1. The van der Waals surface area contributed by atoms with E-state index in [1.165, 1.54) is 7.11 Å². The topological polar surface area (TPSA) is 66.0 Å². The van der Waals surface area contributed by atoms with Crippen LogP contribution in [0.4, 0.5) is 8.78 Å². The highest BCUT2D eigenvalue weighted by Gasteiger charge is 2.28. The molecule has 0 bridgehead atoms. The van der Waals surface area contributed by atoms with E-state index in [1.54, 1.807) is 66.7 Å². The summed E-state index contributed by atoms with van der Waals surface area (Å²) in [5.74, 6) is -1.88. The van der Waals surface area contributed by atoms with Gasteiger partial charge in [-0.25, -0.2) is 8.78 Å². The number of rotatable bonds is 5. The summed E-state index contributed by atoms with van der Waals surface area (Å²) in [7, 11) is 1.46. The van der Waals surface area contributed by atoms with E-state index in [2.05, 4.69) is 0 Å². The second-order valence-electron chi connectivity index (χ2n) is 5.43. The largest absolute Gasteiger partial charge is 0.496 e. The average molecular weight is 394 g/mol. The molecule has 0 saturated heterocycles. The van der Waals surface area contributed by atoms with Crippen LogP contribution in [-0.4, -0.2) is 7.11 Å². The molecule has 0 amide bonds. The van der Waals surface area contributed by atoms with Gasteiger partial charge in [0.25, 0.3) is 0 Å². The smallest absolute Gasteiger partial charge is 0.186 e. The molecule has 0 radical (unpaired) electrons. The van der Waals surface area contributed by atoms with Gasteiger partial charge in [0.15, 0.2) is 17.4 Å². The van der Waals surface area contributed by atoms with Crippen LogP contribution in [0.2, 0.25) is 0 Å². The maximum atomic E-state index is 15.1. The maximum Gasteiger partial charge on any atom is 0.186 e. The number of methoxy groups -OCH3 is 1. The zero-order valence-electron chi connectivity index (χ0n) is 14.6. The van der Waals surface area contributed by atoms with Crippen LogP contribution in [0.25, 0.3) is 0 Å². The van der Waals surface area contributed by atoms with Crippen molar-refractivity contribution in [2.24, 2.45) is 0 Å². The summed E-state index contributed by atoms with van der Waals surface area (Å²) in [6, 6.07) is 18.1. The number of ether oxygens (including phenoxy) is 2. The molecule has 28 heavy (non-hydrogen) atoms. The van der Waals surface area contributed by atoms with Crippen LogP contribution in [0.3, 0.4) is 0 Å². The molecule has 0 heterocycles. The Balaban J connectivity index is 2.23. The lowest BCUT2D eigenvalue weighted by Crippen LogP contribution is -2.03. The van der Waals surface area contributed by atoms with Crippen LogP contribution in [0.1, 0.15) is 11.1 Å². The van der Waals surface area contributed by atoms with E-state index < -0.39 is 28.5 Å².